The minimum atomic E-state index is 0.0259. The van der Waals surface area contributed by atoms with Gasteiger partial charge in [0.15, 0.2) is 0 Å². The Morgan fingerprint density at radius 2 is 0.820 bits per heavy atom. The minimum Gasteiger partial charge on any atom is -0.309 e. The van der Waals surface area contributed by atoms with Gasteiger partial charge >= 0.3 is 0 Å². The van der Waals surface area contributed by atoms with Gasteiger partial charge in [0.2, 0.25) is 0 Å². The zero-order chi connectivity index (χ0) is 36.6. The highest BCUT2D eigenvalue weighted by atomic mass is 15.0. The second-order valence-corrected chi connectivity index (χ2v) is 19.1. The Bertz CT molecular complexity index is 2050. The van der Waals surface area contributed by atoms with Crippen LogP contribution in [0.1, 0.15) is 131 Å². The average molecular weight is 662 g/mol. The Morgan fingerprint density at radius 3 is 1.24 bits per heavy atom. The molecular weight excluding hydrogens is 603 g/mol. The predicted octanol–water partition coefficient (Wildman–Crippen LogP) is 14.4. The largest absolute Gasteiger partial charge is 0.309 e. The first-order valence-electron chi connectivity index (χ1n) is 18.6. The number of hydrogen-bond donors (Lipinski definition) is 0. The van der Waals surface area contributed by atoms with Crippen molar-refractivity contribution in [3.8, 4) is 27.9 Å². The van der Waals surface area contributed by atoms with Gasteiger partial charge in [-0.3, -0.25) is 0 Å². The summed E-state index contributed by atoms with van der Waals surface area (Å²) >= 11 is 0. The highest BCUT2D eigenvalue weighted by molar-refractivity contribution is 6.10. The summed E-state index contributed by atoms with van der Waals surface area (Å²) in [5.41, 5.74) is 15.8. The van der Waals surface area contributed by atoms with Crippen LogP contribution in [0.5, 0.6) is 0 Å². The molecular formula is C49H59N. The number of fused-ring (bicyclic) bond motifs is 3. The third kappa shape index (κ3) is 6.81. The summed E-state index contributed by atoms with van der Waals surface area (Å²) < 4.78 is 2.55. The first kappa shape index (κ1) is 35.7. The molecule has 0 bridgehead atoms. The molecule has 0 N–H and O–H groups in total. The van der Waals surface area contributed by atoms with Gasteiger partial charge < -0.3 is 4.57 Å². The number of aromatic nitrogens is 1. The second-order valence-electron chi connectivity index (χ2n) is 19.1. The Kier molecular flexibility index (Phi) is 8.78. The van der Waals surface area contributed by atoms with E-state index in [9.17, 15) is 0 Å². The third-order valence-electron chi connectivity index (χ3n) is 10.5. The van der Waals surface area contributed by atoms with Crippen molar-refractivity contribution in [3.05, 3.63) is 125 Å². The molecule has 6 rings (SSSR count). The van der Waals surface area contributed by atoms with Crippen LogP contribution in [-0.4, -0.2) is 4.57 Å². The molecule has 0 atom stereocenters. The van der Waals surface area contributed by atoms with Gasteiger partial charge in [0.25, 0.3) is 0 Å². The molecule has 0 spiro atoms. The first-order valence-corrected chi connectivity index (χ1v) is 18.6. The predicted molar refractivity (Wildman–Crippen MR) is 221 cm³/mol. The van der Waals surface area contributed by atoms with Crippen LogP contribution in [0.4, 0.5) is 0 Å². The molecule has 0 saturated carbocycles. The van der Waals surface area contributed by atoms with Crippen LogP contribution in [0.2, 0.25) is 0 Å². The van der Waals surface area contributed by atoms with Crippen molar-refractivity contribution in [1.82, 2.24) is 4.57 Å². The molecule has 50 heavy (non-hydrogen) atoms. The average Bonchev–Trinajstić information content (AvgIpc) is 3.37. The fourth-order valence-corrected chi connectivity index (χ4v) is 7.17. The SMILES string of the molecule is CC(C)c1cccc2c3ccccc3n(-c3cc(-c4cc(C(C)(C)C)cc(C(C)(C)C)c4)cc(-c4cc(C(C)(C)C)cc(C(C)(C)C)c4)c3)c12. The molecule has 0 aliphatic rings. The summed E-state index contributed by atoms with van der Waals surface area (Å²) in [4.78, 5) is 0. The van der Waals surface area contributed by atoms with E-state index in [0.717, 1.165) is 0 Å². The molecule has 0 saturated heterocycles. The molecule has 0 amide bonds. The van der Waals surface area contributed by atoms with Crippen LogP contribution in [0.3, 0.4) is 0 Å². The van der Waals surface area contributed by atoms with E-state index in [1.165, 1.54) is 77.6 Å². The summed E-state index contributed by atoms with van der Waals surface area (Å²) in [7, 11) is 0. The fraction of sp³-hybridized carbons (Fsp3) is 0.388. The standard InChI is InChI=1S/C49H59N/c1-31(2)41-19-17-20-43-42-18-15-16-21-44(42)50(45(41)43)40-27-32(34-23-36(46(3,4)5)29-37(24-34)47(6,7)8)22-33(28-40)35-25-38(48(9,10)11)30-39(26-35)49(12,13)14/h15-31H,1-14H3. The van der Waals surface area contributed by atoms with Crippen molar-refractivity contribution < 1.29 is 0 Å². The van der Waals surface area contributed by atoms with Crippen molar-refractivity contribution in [3.63, 3.8) is 0 Å². The Morgan fingerprint density at radius 1 is 0.420 bits per heavy atom. The summed E-state index contributed by atoms with van der Waals surface area (Å²) in [6, 6.07) is 37.7. The van der Waals surface area contributed by atoms with Gasteiger partial charge in [-0.1, -0.05) is 170 Å². The minimum absolute atomic E-state index is 0.0259. The van der Waals surface area contributed by atoms with Gasteiger partial charge in [0.1, 0.15) is 0 Å². The van der Waals surface area contributed by atoms with E-state index in [4.69, 9.17) is 0 Å². The fourth-order valence-electron chi connectivity index (χ4n) is 7.17. The quantitative estimate of drug-likeness (QED) is 0.177. The Balaban J connectivity index is 1.77. The van der Waals surface area contributed by atoms with Crippen LogP contribution in [-0.2, 0) is 21.7 Å². The van der Waals surface area contributed by atoms with Gasteiger partial charge in [0.05, 0.1) is 11.0 Å². The van der Waals surface area contributed by atoms with E-state index in [-0.39, 0.29) is 21.7 Å². The van der Waals surface area contributed by atoms with Crippen LogP contribution in [0, 0.1) is 0 Å². The number of para-hydroxylation sites is 2. The van der Waals surface area contributed by atoms with Gasteiger partial charge in [-0.25, -0.2) is 0 Å². The van der Waals surface area contributed by atoms with Crippen molar-refractivity contribution in [2.24, 2.45) is 0 Å². The van der Waals surface area contributed by atoms with Crippen LogP contribution in [0.15, 0.2) is 97.1 Å². The van der Waals surface area contributed by atoms with Crippen molar-refractivity contribution in [1.29, 1.82) is 0 Å². The molecule has 5 aromatic carbocycles. The zero-order valence-electron chi connectivity index (χ0n) is 33.3. The van der Waals surface area contributed by atoms with Crippen LogP contribution < -0.4 is 0 Å². The molecule has 0 aliphatic carbocycles. The maximum absolute atomic E-state index is 2.55. The highest BCUT2D eigenvalue weighted by Crippen LogP contribution is 2.42. The topological polar surface area (TPSA) is 4.93 Å². The Labute approximate surface area is 302 Å². The zero-order valence-corrected chi connectivity index (χ0v) is 33.3. The molecule has 1 heterocycles. The first-order chi connectivity index (χ1) is 23.1. The number of benzene rings is 5. The second kappa shape index (κ2) is 12.3. The van der Waals surface area contributed by atoms with E-state index in [2.05, 4.69) is 199 Å². The molecule has 0 unspecified atom stereocenters. The smallest absolute Gasteiger partial charge is 0.0575 e. The molecule has 0 aliphatic heterocycles. The molecule has 260 valence electrons. The summed E-state index contributed by atoms with van der Waals surface area (Å²) in [6.45, 7) is 32.6. The van der Waals surface area contributed by atoms with E-state index >= 15 is 0 Å². The number of nitrogens with zero attached hydrogens (tertiary/aromatic N) is 1. The lowest BCUT2D eigenvalue weighted by molar-refractivity contribution is 0.568. The van der Waals surface area contributed by atoms with Crippen molar-refractivity contribution in [2.45, 2.75) is 125 Å². The van der Waals surface area contributed by atoms with Gasteiger partial charge in [-0.2, -0.15) is 0 Å². The lowest BCUT2D eigenvalue weighted by atomic mass is 9.78. The normalized spacial score (nSPS) is 13.2. The summed E-state index contributed by atoms with van der Waals surface area (Å²) in [6.07, 6.45) is 0. The molecule has 6 aromatic rings. The highest BCUT2D eigenvalue weighted by Gasteiger charge is 2.25. The monoisotopic (exact) mass is 661 g/mol. The van der Waals surface area contributed by atoms with E-state index < -0.39 is 0 Å². The molecule has 1 nitrogen and oxygen atoms in total. The van der Waals surface area contributed by atoms with Gasteiger partial charge in [0, 0.05) is 16.5 Å². The summed E-state index contributed by atoms with van der Waals surface area (Å²) in [5.74, 6) is 0.389. The van der Waals surface area contributed by atoms with E-state index in [0.29, 0.717) is 5.92 Å². The number of hydrogen-bond acceptors (Lipinski definition) is 0. The van der Waals surface area contributed by atoms with Crippen LogP contribution >= 0.6 is 0 Å². The van der Waals surface area contributed by atoms with Gasteiger partial charge in [-0.05, 0) is 102 Å². The maximum Gasteiger partial charge on any atom is 0.0575 e. The molecule has 1 heteroatoms. The number of rotatable bonds is 4. The van der Waals surface area contributed by atoms with Gasteiger partial charge in [-0.15, -0.1) is 0 Å². The van der Waals surface area contributed by atoms with Crippen LogP contribution in [0.25, 0.3) is 49.7 Å². The lowest BCUT2D eigenvalue weighted by Crippen LogP contribution is -2.16. The maximum atomic E-state index is 2.55. The molecule has 1 aromatic heterocycles. The Hall–Kier alpha value is -4.10. The summed E-state index contributed by atoms with van der Waals surface area (Å²) in [5, 5.41) is 2.61. The van der Waals surface area contributed by atoms with E-state index in [1.807, 2.05) is 0 Å². The molecule has 0 radical (unpaired) electrons. The lowest BCUT2D eigenvalue weighted by Gasteiger charge is -2.27. The van der Waals surface area contributed by atoms with Crippen molar-refractivity contribution >= 4 is 21.8 Å². The van der Waals surface area contributed by atoms with E-state index in [1.54, 1.807) is 0 Å². The third-order valence-corrected chi connectivity index (χ3v) is 10.5. The van der Waals surface area contributed by atoms with Crippen molar-refractivity contribution in [2.75, 3.05) is 0 Å². The molecule has 0 fully saturated rings.